The standard InChI is InChI=1S/C15H26N4O2/c1-11-8-19(9-12(2)21-11)15(3,4)10-17-14-16-7-6-13(18-14)20-5/h6-7,11-12H,8-10H2,1-5H3,(H,16,17,18)/t11-,12+. The Morgan fingerprint density at radius 1 is 1.38 bits per heavy atom. The van der Waals surface area contributed by atoms with Crippen molar-refractivity contribution in [3.8, 4) is 5.88 Å². The fourth-order valence-electron chi connectivity index (χ4n) is 2.62. The quantitative estimate of drug-likeness (QED) is 0.893. The van der Waals surface area contributed by atoms with Crippen LogP contribution < -0.4 is 10.1 Å². The zero-order valence-electron chi connectivity index (χ0n) is 13.6. The van der Waals surface area contributed by atoms with E-state index in [4.69, 9.17) is 9.47 Å². The van der Waals surface area contributed by atoms with Gasteiger partial charge in [0.1, 0.15) is 0 Å². The third kappa shape index (κ3) is 4.28. The summed E-state index contributed by atoms with van der Waals surface area (Å²) in [5.41, 5.74) is -0.00125. The monoisotopic (exact) mass is 294 g/mol. The SMILES string of the molecule is COc1ccnc(NCC(C)(C)N2C[C@@H](C)O[C@@H](C)C2)n1. The minimum Gasteiger partial charge on any atom is -0.481 e. The molecule has 6 heteroatoms. The molecule has 0 saturated carbocycles. The van der Waals surface area contributed by atoms with Gasteiger partial charge >= 0.3 is 0 Å². The van der Waals surface area contributed by atoms with Crippen molar-refractivity contribution in [2.24, 2.45) is 0 Å². The summed E-state index contributed by atoms with van der Waals surface area (Å²) in [6, 6.07) is 1.74. The second-order valence-electron chi connectivity index (χ2n) is 6.25. The molecule has 2 rings (SSSR count). The fourth-order valence-corrected chi connectivity index (χ4v) is 2.62. The van der Waals surface area contributed by atoms with E-state index in [1.165, 1.54) is 0 Å². The minimum absolute atomic E-state index is 0.00125. The lowest BCUT2D eigenvalue weighted by Crippen LogP contribution is -2.57. The summed E-state index contributed by atoms with van der Waals surface area (Å²) >= 11 is 0. The molecule has 1 fully saturated rings. The highest BCUT2D eigenvalue weighted by Crippen LogP contribution is 2.21. The maximum absolute atomic E-state index is 5.80. The van der Waals surface area contributed by atoms with E-state index >= 15 is 0 Å². The van der Waals surface area contributed by atoms with Gasteiger partial charge in [-0.05, 0) is 27.7 Å². The van der Waals surface area contributed by atoms with Gasteiger partial charge in [-0.25, -0.2) is 4.98 Å². The van der Waals surface area contributed by atoms with Gasteiger partial charge in [-0.2, -0.15) is 4.98 Å². The molecule has 0 unspecified atom stereocenters. The van der Waals surface area contributed by atoms with E-state index in [-0.39, 0.29) is 17.7 Å². The number of nitrogens with one attached hydrogen (secondary N) is 1. The van der Waals surface area contributed by atoms with E-state index in [0.29, 0.717) is 11.8 Å². The summed E-state index contributed by atoms with van der Waals surface area (Å²) in [6.07, 6.45) is 2.22. The molecule has 0 aliphatic carbocycles. The Hall–Kier alpha value is -1.40. The number of methoxy groups -OCH3 is 1. The van der Waals surface area contributed by atoms with E-state index < -0.39 is 0 Å². The van der Waals surface area contributed by atoms with Crippen LogP contribution in [0.2, 0.25) is 0 Å². The van der Waals surface area contributed by atoms with Crippen LogP contribution in [0.25, 0.3) is 0 Å². The predicted octanol–water partition coefficient (Wildman–Crippen LogP) is 1.78. The van der Waals surface area contributed by atoms with Gasteiger partial charge in [0.2, 0.25) is 11.8 Å². The number of hydrogen-bond acceptors (Lipinski definition) is 6. The van der Waals surface area contributed by atoms with Crippen molar-refractivity contribution in [3.05, 3.63) is 12.3 Å². The highest BCUT2D eigenvalue weighted by Gasteiger charge is 2.33. The molecular formula is C15H26N4O2. The number of anilines is 1. The van der Waals surface area contributed by atoms with Gasteiger partial charge in [0.15, 0.2) is 0 Å². The van der Waals surface area contributed by atoms with E-state index in [1.54, 1.807) is 19.4 Å². The number of rotatable bonds is 5. The van der Waals surface area contributed by atoms with E-state index in [2.05, 4.69) is 47.9 Å². The van der Waals surface area contributed by atoms with Gasteiger partial charge in [-0.3, -0.25) is 4.90 Å². The lowest BCUT2D eigenvalue weighted by Gasteiger charge is -2.45. The Balaban J connectivity index is 1.96. The molecule has 0 spiro atoms. The molecule has 0 radical (unpaired) electrons. The first kappa shape index (κ1) is 16.0. The zero-order valence-corrected chi connectivity index (χ0v) is 13.6. The molecule has 6 nitrogen and oxygen atoms in total. The summed E-state index contributed by atoms with van der Waals surface area (Å²) < 4.78 is 10.9. The lowest BCUT2D eigenvalue weighted by atomic mass is 10.0. The molecule has 0 aromatic carbocycles. The summed E-state index contributed by atoms with van der Waals surface area (Å²) in [6.45, 7) is 11.3. The van der Waals surface area contributed by atoms with Crippen molar-refractivity contribution in [2.45, 2.75) is 45.4 Å². The number of morpholine rings is 1. The summed E-state index contributed by atoms with van der Waals surface area (Å²) in [5, 5.41) is 3.30. The van der Waals surface area contributed by atoms with Gasteiger partial charge in [-0.1, -0.05) is 0 Å². The summed E-state index contributed by atoms with van der Waals surface area (Å²) in [7, 11) is 1.60. The van der Waals surface area contributed by atoms with Gasteiger partial charge < -0.3 is 14.8 Å². The largest absolute Gasteiger partial charge is 0.481 e. The minimum atomic E-state index is -0.00125. The lowest BCUT2D eigenvalue weighted by molar-refractivity contribution is -0.0933. The molecule has 0 amide bonds. The Labute approximate surface area is 126 Å². The summed E-state index contributed by atoms with van der Waals surface area (Å²) in [4.78, 5) is 11.0. The van der Waals surface area contributed by atoms with Crippen LogP contribution >= 0.6 is 0 Å². The molecule has 118 valence electrons. The molecule has 2 heterocycles. The maximum atomic E-state index is 5.80. The molecule has 1 aromatic rings. The highest BCUT2D eigenvalue weighted by atomic mass is 16.5. The highest BCUT2D eigenvalue weighted by molar-refractivity contribution is 5.28. The van der Waals surface area contributed by atoms with Crippen molar-refractivity contribution in [1.82, 2.24) is 14.9 Å². The molecule has 0 bridgehead atoms. The second kappa shape index (κ2) is 6.58. The van der Waals surface area contributed by atoms with Crippen molar-refractivity contribution >= 4 is 5.95 Å². The van der Waals surface area contributed by atoms with Gasteiger partial charge in [0, 0.05) is 37.4 Å². The van der Waals surface area contributed by atoms with Gasteiger partial charge in [0.05, 0.1) is 19.3 Å². The van der Waals surface area contributed by atoms with E-state index in [1.807, 2.05) is 0 Å². The van der Waals surface area contributed by atoms with Gasteiger partial charge in [-0.15, -0.1) is 0 Å². The second-order valence-corrected chi connectivity index (χ2v) is 6.25. The van der Waals surface area contributed by atoms with Crippen molar-refractivity contribution in [2.75, 3.05) is 32.1 Å². The molecule has 1 N–H and O–H groups in total. The molecule has 1 aliphatic rings. The van der Waals surface area contributed by atoms with Crippen LogP contribution in [0.15, 0.2) is 12.3 Å². The molecule has 1 aliphatic heterocycles. The van der Waals surface area contributed by atoms with Crippen LogP contribution in [0.5, 0.6) is 5.88 Å². The Morgan fingerprint density at radius 2 is 2.05 bits per heavy atom. The van der Waals surface area contributed by atoms with Crippen LogP contribution in [0, 0.1) is 0 Å². The number of hydrogen-bond donors (Lipinski definition) is 1. The average Bonchev–Trinajstić information content (AvgIpc) is 2.44. The molecule has 21 heavy (non-hydrogen) atoms. The first-order chi connectivity index (χ1) is 9.90. The van der Waals surface area contributed by atoms with E-state index in [9.17, 15) is 0 Å². The molecule has 1 aromatic heterocycles. The number of nitrogens with zero attached hydrogens (tertiary/aromatic N) is 3. The Kier molecular flexibility index (Phi) is 5.00. The smallest absolute Gasteiger partial charge is 0.226 e. The van der Waals surface area contributed by atoms with Crippen LogP contribution in [-0.2, 0) is 4.74 Å². The van der Waals surface area contributed by atoms with Crippen LogP contribution in [-0.4, -0.2) is 59.4 Å². The van der Waals surface area contributed by atoms with Crippen LogP contribution in [0.4, 0.5) is 5.95 Å². The Morgan fingerprint density at radius 3 is 2.67 bits per heavy atom. The first-order valence-electron chi connectivity index (χ1n) is 7.42. The molecule has 1 saturated heterocycles. The number of aromatic nitrogens is 2. The average molecular weight is 294 g/mol. The third-order valence-electron chi connectivity index (χ3n) is 3.79. The normalized spacial score (nSPS) is 23.9. The van der Waals surface area contributed by atoms with Crippen LogP contribution in [0.3, 0.4) is 0 Å². The van der Waals surface area contributed by atoms with Crippen LogP contribution in [0.1, 0.15) is 27.7 Å². The van der Waals surface area contributed by atoms with Crippen molar-refractivity contribution < 1.29 is 9.47 Å². The van der Waals surface area contributed by atoms with E-state index in [0.717, 1.165) is 19.6 Å². The zero-order chi connectivity index (χ0) is 15.5. The van der Waals surface area contributed by atoms with Crippen molar-refractivity contribution in [3.63, 3.8) is 0 Å². The third-order valence-corrected chi connectivity index (χ3v) is 3.79. The maximum Gasteiger partial charge on any atom is 0.226 e. The molecular weight excluding hydrogens is 268 g/mol. The summed E-state index contributed by atoms with van der Waals surface area (Å²) in [5.74, 6) is 1.16. The fraction of sp³-hybridized carbons (Fsp3) is 0.733. The molecule has 2 atom stereocenters. The topological polar surface area (TPSA) is 59.5 Å². The first-order valence-corrected chi connectivity index (χ1v) is 7.42. The Bertz CT molecular complexity index is 457. The number of ether oxygens (including phenoxy) is 2. The predicted molar refractivity (Wildman–Crippen MR) is 82.7 cm³/mol. The van der Waals surface area contributed by atoms with Crippen molar-refractivity contribution in [1.29, 1.82) is 0 Å². The van der Waals surface area contributed by atoms with Gasteiger partial charge in [0.25, 0.3) is 0 Å².